The van der Waals surface area contributed by atoms with Crippen LogP contribution in [0.1, 0.15) is 26.3 Å². The number of benzene rings is 2. The molecule has 0 atom stereocenters. The molecule has 162 valence electrons. The van der Waals surface area contributed by atoms with Crippen LogP contribution in [0.2, 0.25) is 0 Å². The Kier molecular flexibility index (Phi) is 9.51. The number of aliphatic imine (C=N–C) groups is 1. The van der Waals surface area contributed by atoms with Crippen LogP contribution in [-0.4, -0.2) is 38.7 Å². The first-order valence-electron chi connectivity index (χ1n) is 10.2. The molecule has 0 unspecified atom stereocenters. The second-order valence-corrected chi connectivity index (χ2v) is 6.99. The fraction of sp³-hybridized carbons (Fsp3) is 0.391. The lowest BCUT2D eigenvalue weighted by Gasteiger charge is -2.12. The molecule has 0 aromatic heterocycles. The fourth-order valence-electron chi connectivity index (χ4n) is 2.50. The van der Waals surface area contributed by atoms with E-state index in [9.17, 15) is 4.79 Å². The standard InChI is InChI=1S/C23H32N4O3/c1-5-24-23(25-14-15-30-21-12-10-20(29-4)11-13-21)26-16-18-6-8-19(9-7-18)27-22(28)17(2)3/h6-13,17H,5,14-16H2,1-4H3,(H,27,28)(H2,24,25,26). The lowest BCUT2D eigenvalue weighted by Crippen LogP contribution is -2.39. The van der Waals surface area contributed by atoms with E-state index in [0.29, 0.717) is 19.7 Å². The minimum absolute atomic E-state index is 0.0104. The fourth-order valence-corrected chi connectivity index (χ4v) is 2.50. The lowest BCUT2D eigenvalue weighted by molar-refractivity contribution is -0.118. The predicted molar refractivity (Wildman–Crippen MR) is 121 cm³/mol. The van der Waals surface area contributed by atoms with Crippen molar-refractivity contribution >= 4 is 17.6 Å². The van der Waals surface area contributed by atoms with Crippen LogP contribution in [-0.2, 0) is 11.3 Å². The smallest absolute Gasteiger partial charge is 0.226 e. The average molecular weight is 413 g/mol. The van der Waals surface area contributed by atoms with Crippen molar-refractivity contribution in [2.24, 2.45) is 10.9 Å². The molecule has 2 rings (SSSR count). The molecule has 0 saturated carbocycles. The molecule has 0 aliphatic heterocycles. The van der Waals surface area contributed by atoms with Crippen LogP contribution in [0.25, 0.3) is 0 Å². The number of anilines is 1. The van der Waals surface area contributed by atoms with Gasteiger partial charge in [0.05, 0.1) is 20.2 Å². The zero-order chi connectivity index (χ0) is 21.8. The lowest BCUT2D eigenvalue weighted by atomic mass is 10.2. The summed E-state index contributed by atoms with van der Waals surface area (Å²) in [6.45, 7) is 8.21. The number of carbonyl (C=O) groups excluding carboxylic acids is 1. The van der Waals surface area contributed by atoms with E-state index in [4.69, 9.17) is 9.47 Å². The number of amides is 1. The second kappa shape index (κ2) is 12.4. The van der Waals surface area contributed by atoms with E-state index in [1.54, 1.807) is 7.11 Å². The third-order valence-electron chi connectivity index (χ3n) is 4.23. The number of hydrogen-bond donors (Lipinski definition) is 3. The second-order valence-electron chi connectivity index (χ2n) is 6.99. The van der Waals surface area contributed by atoms with Gasteiger partial charge in [-0.1, -0.05) is 26.0 Å². The van der Waals surface area contributed by atoms with Crippen LogP contribution in [0, 0.1) is 5.92 Å². The van der Waals surface area contributed by atoms with Crippen molar-refractivity contribution in [3.05, 3.63) is 54.1 Å². The third-order valence-corrected chi connectivity index (χ3v) is 4.23. The zero-order valence-electron chi connectivity index (χ0n) is 18.2. The van der Waals surface area contributed by atoms with Gasteiger partial charge in [-0.3, -0.25) is 4.79 Å². The summed E-state index contributed by atoms with van der Waals surface area (Å²) in [5.74, 6) is 2.29. The number of rotatable bonds is 10. The molecule has 0 bridgehead atoms. The number of methoxy groups -OCH3 is 1. The van der Waals surface area contributed by atoms with Crippen LogP contribution in [0.5, 0.6) is 11.5 Å². The molecule has 7 heteroatoms. The number of hydrogen-bond acceptors (Lipinski definition) is 4. The SMILES string of the molecule is CCNC(=NCc1ccc(NC(=O)C(C)C)cc1)NCCOc1ccc(OC)cc1. The Morgan fingerprint density at radius 2 is 1.67 bits per heavy atom. The Bertz CT molecular complexity index is 802. The summed E-state index contributed by atoms with van der Waals surface area (Å²) >= 11 is 0. The largest absolute Gasteiger partial charge is 0.497 e. The van der Waals surface area contributed by atoms with Crippen LogP contribution in [0.4, 0.5) is 5.69 Å². The van der Waals surface area contributed by atoms with E-state index >= 15 is 0 Å². The van der Waals surface area contributed by atoms with Gasteiger partial charge < -0.3 is 25.4 Å². The van der Waals surface area contributed by atoms with Crippen molar-refractivity contribution in [2.75, 3.05) is 32.1 Å². The number of carbonyl (C=O) groups is 1. The van der Waals surface area contributed by atoms with Gasteiger partial charge in [0.1, 0.15) is 18.1 Å². The van der Waals surface area contributed by atoms with Gasteiger partial charge in [-0.15, -0.1) is 0 Å². The van der Waals surface area contributed by atoms with Gasteiger partial charge in [0.15, 0.2) is 5.96 Å². The van der Waals surface area contributed by atoms with E-state index in [1.165, 1.54) is 0 Å². The van der Waals surface area contributed by atoms with Gasteiger partial charge in [-0.05, 0) is 48.9 Å². The molecule has 30 heavy (non-hydrogen) atoms. The summed E-state index contributed by atoms with van der Waals surface area (Å²) in [4.78, 5) is 16.4. The molecular weight excluding hydrogens is 380 g/mol. The first kappa shape index (κ1) is 23.1. The first-order valence-corrected chi connectivity index (χ1v) is 10.2. The highest BCUT2D eigenvalue weighted by Crippen LogP contribution is 2.16. The highest BCUT2D eigenvalue weighted by molar-refractivity contribution is 5.92. The molecule has 0 heterocycles. The summed E-state index contributed by atoms with van der Waals surface area (Å²) in [5, 5.41) is 9.38. The van der Waals surface area contributed by atoms with E-state index in [1.807, 2.05) is 69.3 Å². The van der Waals surface area contributed by atoms with E-state index in [0.717, 1.165) is 35.3 Å². The minimum atomic E-state index is -0.0447. The third kappa shape index (κ3) is 8.03. The quantitative estimate of drug-likeness (QED) is 0.316. The number of nitrogens with zero attached hydrogens (tertiary/aromatic N) is 1. The van der Waals surface area contributed by atoms with Crippen molar-refractivity contribution in [1.29, 1.82) is 0 Å². The minimum Gasteiger partial charge on any atom is -0.497 e. The van der Waals surface area contributed by atoms with Gasteiger partial charge in [0, 0.05) is 18.2 Å². The molecule has 0 spiro atoms. The number of guanidine groups is 1. The topological polar surface area (TPSA) is 84.0 Å². The van der Waals surface area contributed by atoms with Crippen LogP contribution < -0.4 is 25.4 Å². The Hall–Kier alpha value is -3.22. The summed E-state index contributed by atoms with van der Waals surface area (Å²) in [5.41, 5.74) is 1.85. The average Bonchev–Trinajstić information content (AvgIpc) is 2.76. The molecule has 2 aromatic rings. The maximum atomic E-state index is 11.8. The molecule has 2 aromatic carbocycles. The van der Waals surface area contributed by atoms with Gasteiger partial charge >= 0.3 is 0 Å². The van der Waals surface area contributed by atoms with E-state index < -0.39 is 0 Å². The Balaban J connectivity index is 1.80. The molecule has 3 N–H and O–H groups in total. The Labute approximate surface area is 178 Å². The highest BCUT2D eigenvalue weighted by atomic mass is 16.5. The van der Waals surface area contributed by atoms with Crippen LogP contribution >= 0.6 is 0 Å². The Morgan fingerprint density at radius 1 is 1.00 bits per heavy atom. The van der Waals surface area contributed by atoms with Crippen molar-refractivity contribution in [1.82, 2.24) is 10.6 Å². The maximum Gasteiger partial charge on any atom is 0.226 e. The predicted octanol–water partition coefficient (Wildman–Crippen LogP) is 3.42. The van der Waals surface area contributed by atoms with Crippen molar-refractivity contribution in [3.63, 3.8) is 0 Å². The van der Waals surface area contributed by atoms with Crippen LogP contribution in [0.15, 0.2) is 53.5 Å². The Morgan fingerprint density at radius 3 is 2.27 bits per heavy atom. The van der Waals surface area contributed by atoms with Gasteiger partial charge in [-0.2, -0.15) is 0 Å². The first-order chi connectivity index (χ1) is 14.5. The molecule has 1 amide bonds. The zero-order valence-corrected chi connectivity index (χ0v) is 18.2. The van der Waals surface area contributed by atoms with Gasteiger partial charge in [-0.25, -0.2) is 4.99 Å². The molecular formula is C23H32N4O3. The van der Waals surface area contributed by atoms with Crippen LogP contribution in [0.3, 0.4) is 0 Å². The van der Waals surface area contributed by atoms with E-state index in [-0.39, 0.29) is 11.8 Å². The van der Waals surface area contributed by atoms with E-state index in [2.05, 4.69) is 20.9 Å². The number of nitrogens with one attached hydrogen (secondary N) is 3. The molecule has 0 aliphatic rings. The maximum absolute atomic E-state index is 11.8. The summed E-state index contributed by atoms with van der Waals surface area (Å²) in [7, 11) is 1.64. The van der Waals surface area contributed by atoms with Crippen molar-refractivity contribution in [2.45, 2.75) is 27.3 Å². The molecule has 0 fully saturated rings. The summed E-state index contributed by atoms with van der Waals surface area (Å²) < 4.78 is 10.9. The summed E-state index contributed by atoms with van der Waals surface area (Å²) in [6.07, 6.45) is 0. The van der Waals surface area contributed by atoms with Gasteiger partial charge in [0.25, 0.3) is 0 Å². The number of ether oxygens (including phenoxy) is 2. The molecule has 0 saturated heterocycles. The highest BCUT2D eigenvalue weighted by Gasteiger charge is 2.06. The molecule has 7 nitrogen and oxygen atoms in total. The molecule has 0 aliphatic carbocycles. The molecule has 0 radical (unpaired) electrons. The summed E-state index contributed by atoms with van der Waals surface area (Å²) in [6, 6.07) is 15.2. The monoisotopic (exact) mass is 412 g/mol. The van der Waals surface area contributed by atoms with Crippen molar-refractivity contribution in [3.8, 4) is 11.5 Å². The van der Waals surface area contributed by atoms with Gasteiger partial charge in [0.2, 0.25) is 5.91 Å². The van der Waals surface area contributed by atoms with Crippen molar-refractivity contribution < 1.29 is 14.3 Å². The normalized spacial score (nSPS) is 11.2.